The van der Waals surface area contributed by atoms with Gasteiger partial charge in [-0.3, -0.25) is 19.4 Å². The van der Waals surface area contributed by atoms with E-state index in [1.807, 2.05) is 28.9 Å². The molecule has 0 bridgehead atoms. The number of hydrogen-bond acceptors (Lipinski definition) is 5. The van der Waals surface area contributed by atoms with Gasteiger partial charge in [0.2, 0.25) is 11.2 Å². The number of aromatic hydroxyl groups is 1. The Balaban J connectivity index is 1.76. The first-order valence-corrected chi connectivity index (χ1v) is 11.2. The number of benzene rings is 2. The summed E-state index contributed by atoms with van der Waals surface area (Å²) in [6, 6.07) is 10.5. The summed E-state index contributed by atoms with van der Waals surface area (Å²) in [6.07, 6.45) is 5.43. The largest absolute Gasteiger partial charge is 0.502 e. The zero-order valence-electron chi connectivity index (χ0n) is 18.1. The van der Waals surface area contributed by atoms with Gasteiger partial charge in [-0.2, -0.15) is 0 Å². The Morgan fingerprint density at radius 1 is 1.03 bits per heavy atom. The summed E-state index contributed by atoms with van der Waals surface area (Å²) >= 11 is 0. The molecule has 0 aliphatic heterocycles. The maximum atomic E-state index is 13.3. The van der Waals surface area contributed by atoms with E-state index in [1.54, 1.807) is 13.2 Å². The number of phenolic OH excluding ortho intramolecular Hbond substituents is 1. The molecule has 0 unspecified atom stereocenters. The lowest BCUT2D eigenvalue weighted by Crippen LogP contribution is -2.16. The molecule has 0 saturated heterocycles. The predicted molar refractivity (Wildman–Crippen MR) is 126 cm³/mol. The van der Waals surface area contributed by atoms with E-state index in [2.05, 4.69) is 10.1 Å². The minimum absolute atomic E-state index is 0.108. The molecule has 1 fully saturated rings. The lowest BCUT2D eigenvalue weighted by atomic mass is 9.95. The smallest absolute Gasteiger partial charge is 0.274 e. The average molecular weight is 445 g/mol. The van der Waals surface area contributed by atoms with Gasteiger partial charge in [-0.05, 0) is 42.7 Å². The van der Waals surface area contributed by atoms with Crippen LogP contribution >= 0.6 is 0 Å². The van der Waals surface area contributed by atoms with Crippen LogP contribution < -0.4 is 15.7 Å². The van der Waals surface area contributed by atoms with Crippen LogP contribution in [-0.4, -0.2) is 27.0 Å². The summed E-state index contributed by atoms with van der Waals surface area (Å²) in [5.74, 6) is 0.257. The third kappa shape index (κ3) is 2.90. The Morgan fingerprint density at radius 2 is 1.79 bits per heavy atom. The summed E-state index contributed by atoms with van der Waals surface area (Å²) in [5, 5.41) is 14.5. The van der Waals surface area contributed by atoms with Crippen molar-refractivity contribution in [1.82, 2.24) is 14.8 Å². The van der Waals surface area contributed by atoms with E-state index in [-0.39, 0.29) is 17.2 Å². The molecule has 168 valence electrons. The number of nitrogens with one attached hydrogen (secondary N) is 2. The highest BCUT2D eigenvalue weighted by Gasteiger charge is 2.26. The van der Waals surface area contributed by atoms with Crippen LogP contribution in [0, 0.1) is 0 Å². The molecule has 1 saturated carbocycles. The number of fused-ring (bicyclic) bond motifs is 4. The van der Waals surface area contributed by atoms with E-state index in [0.717, 1.165) is 31.2 Å². The van der Waals surface area contributed by atoms with Crippen LogP contribution in [0.4, 0.5) is 0 Å². The van der Waals surface area contributed by atoms with E-state index in [9.17, 15) is 14.7 Å². The van der Waals surface area contributed by atoms with Crippen LogP contribution in [0.25, 0.3) is 44.2 Å². The van der Waals surface area contributed by atoms with E-state index in [4.69, 9.17) is 9.15 Å². The first-order valence-electron chi connectivity index (χ1n) is 11.2. The van der Waals surface area contributed by atoms with Crippen molar-refractivity contribution in [3.63, 3.8) is 0 Å². The van der Waals surface area contributed by atoms with Crippen LogP contribution in [0.2, 0.25) is 0 Å². The minimum atomic E-state index is -0.512. The molecule has 6 rings (SSSR count). The van der Waals surface area contributed by atoms with E-state index >= 15 is 0 Å². The van der Waals surface area contributed by atoms with Gasteiger partial charge in [0.15, 0.2) is 11.2 Å². The van der Waals surface area contributed by atoms with Gasteiger partial charge in [0.1, 0.15) is 11.4 Å². The second-order valence-corrected chi connectivity index (χ2v) is 8.65. The Hall–Kier alpha value is -3.94. The molecule has 0 atom stereocenters. The van der Waals surface area contributed by atoms with Gasteiger partial charge in [-0.1, -0.05) is 31.4 Å². The first-order chi connectivity index (χ1) is 16.1. The third-order valence-corrected chi connectivity index (χ3v) is 6.76. The molecule has 0 radical (unpaired) electrons. The van der Waals surface area contributed by atoms with E-state index in [0.29, 0.717) is 38.8 Å². The minimum Gasteiger partial charge on any atom is -0.502 e. The van der Waals surface area contributed by atoms with Crippen molar-refractivity contribution in [1.29, 1.82) is 0 Å². The molecule has 3 aromatic heterocycles. The Bertz CT molecular complexity index is 1630. The maximum Gasteiger partial charge on any atom is 0.274 e. The van der Waals surface area contributed by atoms with Crippen molar-refractivity contribution in [3.8, 4) is 22.6 Å². The molecule has 8 nitrogen and oxygen atoms in total. The molecule has 3 N–H and O–H groups in total. The van der Waals surface area contributed by atoms with Gasteiger partial charge in [0, 0.05) is 10.9 Å². The van der Waals surface area contributed by atoms with Crippen molar-refractivity contribution in [2.75, 3.05) is 7.11 Å². The average Bonchev–Trinajstić information content (AvgIpc) is 3.39. The van der Waals surface area contributed by atoms with Crippen LogP contribution in [0.15, 0.2) is 50.4 Å². The monoisotopic (exact) mass is 445 g/mol. The molecular weight excluding hydrogens is 422 g/mol. The maximum absolute atomic E-state index is 13.3. The highest BCUT2D eigenvalue weighted by Crippen LogP contribution is 2.41. The molecule has 0 spiro atoms. The highest BCUT2D eigenvalue weighted by atomic mass is 16.5. The fourth-order valence-electron chi connectivity index (χ4n) is 5.11. The number of nitrogens with zero attached hydrogens (tertiary/aromatic N) is 1. The quantitative estimate of drug-likeness (QED) is 0.369. The van der Waals surface area contributed by atoms with Crippen molar-refractivity contribution in [3.05, 3.63) is 57.0 Å². The number of rotatable bonds is 3. The number of H-pyrrole nitrogens is 2. The highest BCUT2D eigenvalue weighted by molar-refractivity contribution is 6.15. The molecule has 0 amide bonds. The normalized spacial score (nSPS) is 15.1. The van der Waals surface area contributed by atoms with Crippen LogP contribution in [0.1, 0.15) is 38.1 Å². The predicted octanol–water partition coefficient (Wildman–Crippen LogP) is 4.80. The second-order valence-electron chi connectivity index (χ2n) is 8.65. The van der Waals surface area contributed by atoms with Crippen LogP contribution in [-0.2, 0) is 0 Å². The molecular formula is C25H23N3O5. The van der Waals surface area contributed by atoms with Gasteiger partial charge < -0.3 is 19.2 Å². The van der Waals surface area contributed by atoms with Crippen molar-refractivity contribution in [2.45, 2.75) is 38.1 Å². The summed E-state index contributed by atoms with van der Waals surface area (Å²) in [7, 11) is 1.60. The fourth-order valence-corrected chi connectivity index (χ4v) is 5.11. The molecule has 33 heavy (non-hydrogen) atoms. The van der Waals surface area contributed by atoms with Crippen LogP contribution in [0.5, 0.6) is 11.5 Å². The molecule has 1 aliphatic carbocycles. The van der Waals surface area contributed by atoms with Gasteiger partial charge in [-0.25, -0.2) is 0 Å². The zero-order chi connectivity index (χ0) is 22.7. The molecule has 1 aliphatic rings. The summed E-state index contributed by atoms with van der Waals surface area (Å²) in [6.45, 7) is 0. The topological polar surface area (TPSA) is 113 Å². The molecule has 5 aromatic rings. The summed E-state index contributed by atoms with van der Waals surface area (Å²) < 4.78 is 13.3. The van der Waals surface area contributed by atoms with Crippen molar-refractivity contribution < 1.29 is 14.3 Å². The van der Waals surface area contributed by atoms with Crippen molar-refractivity contribution in [2.24, 2.45) is 0 Å². The second kappa shape index (κ2) is 7.30. The Morgan fingerprint density at radius 3 is 2.52 bits per heavy atom. The lowest BCUT2D eigenvalue weighted by Gasteiger charge is -2.23. The van der Waals surface area contributed by atoms with E-state index < -0.39 is 11.2 Å². The van der Waals surface area contributed by atoms with E-state index in [1.165, 1.54) is 12.5 Å². The SMILES string of the molecule is COc1ccc(-c2c3oc4c(O)c(=O)ccc4c3[nH]c3c2c(=O)[nH]n3C2CCCCC2)cc1. The number of methoxy groups -OCH3 is 1. The van der Waals surface area contributed by atoms with Gasteiger partial charge in [-0.15, -0.1) is 0 Å². The number of hydrogen-bond donors (Lipinski definition) is 3. The number of aromatic nitrogens is 3. The van der Waals surface area contributed by atoms with Crippen molar-refractivity contribution >= 4 is 33.1 Å². The van der Waals surface area contributed by atoms with Gasteiger partial charge >= 0.3 is 0 Å². The Kier molecular flexibility index (Phi) is 4.36. The standard InChI is InChI=1S/C25H23N3O5/c1-32-15-9-7-13(8-10-15)18-19-24(28(27-25(19)31)14-5-3-2-4-6-14)26-20-16-11-12-17(29)21(30)22(16)33-23(18)20/h7-12,14,26,30H,2-6H2,1H3,(H,27,31). The summed E-state index contributed by atoms with van der Waals surface area (Å²) in [5.41, 5.74) is 2.48. The van der Waals surface area contributed by atoms with Crippen LogP contribution in [0.3, 0.4) is 0 Å². The number of pyridine rings is 1. The number of ether oxygens (including phenoxy) is 1. The third-order valence-electron chi connectivity index (χ3n) is 6.76. The fraction of sp³-hybridized carbons (Fsp3) is 0.280. The number of furan rings is 1. The molecule has 8 heteroatoms. The molecule has 2 aromatic carbocycles. The number of aromatic amines is 2. The lowest BCUT2D eigenvalue weighted by molar-refractivity contribution is 0.335. The van der Waals surface area contributed by atoms with Gasteiger partial charge in [0.05, 0.1) is 24.1 Å². The zero-order valence-corrected chi connectivity index (χ0v) is 18.1. The Labute approximate surface area is 187 Å². The summed E-state index contributed by atoms with van der Waals surface area (Å²) in [4.78, 5) is 28.7. The van der Waals surface area contributed by atoms with Gasteiger partial charge in [0.25, 0.3) is 5.56 Å². The molecule has 3 heterocycles. The number of phenols is 1. The first kappa shape index (κ1) is 19.7.